The highest BCUT2D eigenvalue weighted by Gasteiger charge is 2.32. The Balaban J connectivity index is 1.96. The fourth-order valence-electron chi connectivity index (χ4n) is 2.89. The van der Waals surface area contributed by atoms with Gasteiger partial charge in [0.1, 0.15) is 17.5 Å². The molecule has 0 spiro atoms. The maximum Gasteiger partial charge on any atom is 0.135 e. The summed E-state index contributed by atoms with van der Waals surface area (Å²) in [6.07, 6.45) is 5.14. The van der Waals surface area contributed by atoms with Crippen LogP contribution in [0.5, 0.6) is 0 Å². The van der Waals surface area contributed by atoms with Crippen LogP contribution >= 0.6 is 0 Å². The lowest BCUT2D eigenvalue weighted by molar-refractivity contribution is 0.00222. The predicted molar refractivity (Wildman–Crippen MR) is 86.2 cm³/mol. The molecule has 1 aliphatic carbocycles. The summed E-state index contributed by atoms with van der Waals surface area (Å²) in [5.74, 6) is 2.92. The quantitative estimate of drug-likeness (QED) is 0.777. The van der Waals surface area contributed by atoms with Gasteiger partial charge in [0, 0.05) is 18.5 Å². The highest BCUT2D eigenvalue weighted by molar-refractivity contribution is 5.45. The summed E-state index contributed by atoms with van der Waals surface area (Å²) in [4.78, 5) is 8.70. The molecule has 0 amide bonds. The van der Waals surface area contributed by atoms with Crippen molar-refractivity contribution >= 4 is 11.6 Å². The summed E-state index contributed by atoms with van der Waals surface area (Å²) < 4.78 is 0. The normalized spacial score (nSPS) is 26.0. The van der Waals surface area contributed by atoms with Crippen molar-refractivity contribution in [1.29, 1.82) is 0 Å². The highest BCUT2D eigenvalue weighted by atomic mass is 16.3. The lowest BCUT2D eigenvalue weighted by Crippen LogP contribution is -2.40. The van der Waals surface area contributed by atoms with E-state index < -0.39 is 5.60 Å². The fraction of sp³-hybridized carbons (Fsp3) is 0.750. The van der Waals surface area contributed by atoms with E-state index in [4.69, 9.17) is 5.73 Å². The second-order valence-electron chi connectivity index (χ2n) is 6.62. The molecule has 0 aliphatic heterocycles. The molecule has 1 aliphatic rings. The molecule has 4 N–H and O–H groups in total. The van der Waals surface area contributed by atoms with Crippen LogP contribution in [-0.4, -0.2) is 27.2 Å². The van der Waals surface area contributed by atoms with Crippen LogP contribution in [0.4, 0.5) is 11.6 Å². The number of aromatic nitrogens is 2. The minimum absolute atomic E-state index is 0.233. The number of hydrogen-bond donors (Lipinski definition) is 3. The maximum atomic E-state index is 10.7. The zero-order valence-electron chi connectivity index (χ0n) is 13.4. The first-order chi connectivity index (χ1) is 9.92. The summed E-state index contributed by atoms with van der Waals surface area (Å²) in [5.41, 5.74) is 5.20. The van der Waals surface area contributed by atoms with E-state index in [-0.39, 0.29) is 5.92 Å². The first kappa shape index (κ1) is 16.0. The Morgan fingerprint density at radius 1 is 1.38 bits per heavy atom. The summed E-state index contributed by atoms with van der Waals surface area (Å²) >= 11 is 0. The average Bonchev–Trinajstić information content (AvgIpc) is 2.45. The zero-order valence-corrected chi connectivity index (χ0v) is 13.4. The molecule has 0 saturated heterocycles. The van der Waals surface area contributed by atoms with Gasteiger partial charge in [-0.25, -0.2) is 9.97 Å². The van der Waals surface area contributed by atoms with Gasteiger partial charge in [0.05, 0.1) is 5.60 Å². The van der Waals surface area contributed by atoms with Crippen molar-refractivity contribution in [3.8, 4) is 0 Å². The molecule has 1 heterocycles. The van der Waals surface area contributed by atoms with Gasteiger partial charge in [-0.15, -0.1) is 0 Å². The lowest BCUT2D eigenvalue weighted by atomic mass is 9.78. The molecular formula is C16H28N4O. The second-order valence-corrected chi connectivity index (χ2v) is 6.62. The van der Waals surface area contributed by atoms with Gasteiger partial charge in [-0.3, -0.25) is 0 Å². The van der Waals surface area contributed by atoms with Crippen molar-refractivity contribution in [3.63, 3.8) is 0 Å². The van der Waals surface area contributed by atoms with Gasteiger partial charge in [0.2, 0.25) is 0 Å². The summed E-state index contributed by atoms with van der Waals surface area (Å²) in [5, 5.41) is 13.9. The summed E-state index contributed by atoms with van der Waals surface area (Å²) in [7, 11) is 0. The van der Waals surface area contributed by atoms with Crippen molar-refractivity contribution in [3.05, 3.63) is 11.9 Å². The summed E-state index contributed by atoms with van der Waals surface area (Å²) in [6.45, 7) is 6.83. The van der Waals surface area contributed by atoms with Crippen molar-refractivity contribution in [1.82, 2.24) is 9.97 Å². The third-order valence-electron chi connectivity index (χ3n) is 4.49. The molecule has 0 radical (unpaired) electrons. The number of anilines is 2. The topological polar surface area (TPSA) is 84.1 Å². The molecule has 5 nitrogen and oxygen atoms in total. The molecule has 0 bridgehead atoms. The van der Waals surface area contributed by atoms with Gasteiger partial charge in [-0.1, -0.05) is 27.2 Å². The van der Waals surface area contributed by atoms with Crippen LogP contribution in [0.1, 0.15) is 64.6 Å². The number of nitrogens with zero attached hydrogens (tertiary/aromatic N) is 2. The van der Waals surface area contributed by atoms with Crippen LogP contribution in [0.2, 0.25) is 0 Å². The van der Waals surface area contributed by atoms with E-state index in [1.807, 2.05) is 13.8 Å². The number of nitrogens with two attached hydrogens (primary N) is 1. The Bertz CT molecular complexity index is 467. The van der Waals surface area contributed by atoms with E-state index >= 15 is 0 Å². The van der Waals surface area contributed by atoms with E-state index in [9.17, 15) is 5.11 Å². The van der Waals surface area contributed by atoms with Gasteiger partial charge in [0.25, 0.3) is 0 Å². The van der Waals surface area contributed by atoms with E-state index in [2.05, 4.69) is 22.2 Å². The molecule has 0 atom stereocenters. The Morgan fingerprint density at radius 3 is 2.62 bits per heavy atom. The Hall–Kier alpha value is -1.36. The van der Waals surface area contributed by atoms with Crippen molar-refractivity contribution < 1.29 is 5.11 Å². The van der Waals surface area contributed by atoms with Crippen LogP contribution in [0.3, 0.4) is 0 Å². The first-order valence-corrected chi connectivity index (χ1v) is 8.02. The lowest BCUT2D eigenvalue weighted by Gasteiger charge is -2.36. The number of hydrogen-bond acceptors (Lipinski definition) is 5. The number of nitrogen functional groups attached to an aromatic ring is 1. The second kappa shape index (κ2) is 6.60. The number of nitrogens with one attached hydrogen (secondary N) is 1. The molecule has 0 unspecified atom stereocenters. The minimum Gasteiger partial charge on any atom is -0.388 e. The minimum atomic E-state index is -0.622. The van der Waals surface area contributed by atoms with Crippen molar-refractivity contribution in [2.45, 2.75) is 64.4 Å². The number of rotatable bonds is 5. The van der Waals surface area contributed by atoms with Crippen LogP contribution in [0.25, 0.3) is 0 Å². The molecular weight excluding hydrogens is 264 g/mol. The molecule has 1 saturated carbocycles. The molecule has 1 fully saturated rings. The van der Waals surface area contributed by atoms with Gasteiger partial charge in [-0.2, -0.15) is 0 Å². The van der Waals surface area contributed by atoms with Crippen LogP contribution in [-0.2, 0) is 0 Å². The third-order valence-corrected chi connectivity index (χ3v) is 4.49. The molecule has 2 rings (SSSR count). The molecule has 5 heteroatoms. The fourth-order valence-corrected chi connectivity index (χ4v) is 2.89. The Labute approximate surface area is 127 Å². The van der Waals surface area contributed by atoms with Crippen molar-refractivity contribution in [2.75, 3.05) is 17.6 Å². The van der Waals surface area contributed by atoms with Gasteiger partial charge < -0.3 is 16.2 Å². The third kappa shape index (κ3) is 4.30. The highest BCUT2D eigenvalue weighted by Crippen LogP contribution is 2.33. The first-order valence-electron chi connectivity index (χ1n) is 8.02. The Kier molecular flexibility index (Phi) is 5.04. The summed E-state index contributed by atoms with van der Waals surface area (Å²) in [6, 6.07) is 1.73. The van der Waals surface area contributed by atoms with E-state index in [0.717, 1.165) is 37.4 Å². The zero-order chi connectivity index (χ0) is 15.5. The van der Waals surface area contributed by atoms with E-state index in [0.29, 0.717) is 18.2 Å². The van der Waals surface area contributed by atoms with E-state index in [1.54, 1.807) is 6.07 Å². The van der Waals surface area contributed by atoms with Gasteiger partial charge >= 0.3 is 0 Å². The molecule has 1 aromatic rings. The smallest absolute Gasteiger partial charge is 0.135 e. The monoisotopic (exact) mass is 292 g/mol. The van der Waals surface area contributed by atoms with Gasteiger partial charge in [0.15, 0.2) is 0 Å². The maximum absolute atomic E-state index is 10.7. The van der Waals surface area contributed by atoms with Crippen LogP contribution < -0.4 is 11.1 Å². The largest absolute Gasteiger partial charge is 0.388 e. The number of aliphatic hydroxyl groups is 1. The molecule has 21 heavy (non-hydrogen) atoms. The molecule has 1 aromatic heterocycles. The van der Waals surface area contributed by atoms with Crippen LogP contribution in [0.15, 0.2) is 6.07 Å². The van der Waals surface area contributed by atoms with E-state index in [1.165, 1.54) is 6.42 Å². The average molecular weight is 292 g/mol. The molecule has 118 valence electrons. The SMILES string of the molecule is CCC1CCC(O)(CNc2cc(N)nc(C(C)C)n2)CC1. The van der Waals surface area contributed by atoms with Gasteiger partial charge in [-0.05, 0) is 31.6 Å². The van der Waals surface area contributed by atoms with Crippen molar-refractivity contribution in [2.24, 2.45) is 5.92 Å². The molecule has 0 aromatic carbocycles. The standard InChI is InChI=1S/C16H28N4O/c1-4-12-5-7-16(21,8-6-12)10-18-14-9-13(17)19-15(20-14)11(2)3/h9,11-12,21H,4-8,10H2,1-3H3,(H3,17,18,19,20). The van der Waals surface area contributed by atoms with Crippen LogP contribution in [0, 0.1) is 5.92 Å². The Morgan fingerprint density at radius 2 is 2.05 bits per heavy atom. The predicted octanol–water partition coefficient (Wildman–Crippen LogP) is 2.93.